The van der Waals surface area contributed by atoms with Crippen molar-refractivity contribution in [2.24, 2.45) is 5.92 Å². The Balaban J connectivity index is 2.22. The SMILES string of the molecule is C#CC1CC(=O)N(c2ccc(F)cc2)C1. The second kappa shape index (κ2) is 3.74. The number of anilines is 1. The zero-order valence-electron chi connectivity index (χ0n) is 8.11. The summed E-state index contributed by atoms with van der Waals surface area (Å²) < 4.78 is 12.7. The summed E-state index contributed by atoms with van der Waals surface area (Å²) in [6.45, 7) is 0.529. The number of benzene rings is 1. The minimum atomic E-state index is -0.307. The molecule has 1 atom stereocenters. The van der Waals surface area contributed by atoms with E-state index in [1.807, 2.05) is 0 Å². The van der Waals surface area contributed by atoms with Crippen LogP contribution in [0.1, 0.15) is 6.42 Å². The Morgan fingerprint density at radius 2 is 2.07 bits per heavy atom. The van der Waals surface area contributed by atoms with Crippen molar-refractivity contribution >= 4 is 11.6 Å². The topological polar surface area (TPSA) is 20.3 Å². The third-order valence-electron chi connectivity index (χ3n) is 2.50. The van der Waals surface area contributed by atoms with Crippen LogP contribution in [0.15, 0.2) is 24.3 Å². The standard InChI is InChI=1S/C12H10FNO/c1-2-9-7-12(15)14(8-9)11-5-3-10(13)4-6-11/h1,3-6,9H,7-8H2. The van der Waals surface area contributed by atoms with Gasteiger partial charge >= 0.3 is 0 Å². The summed E-state index contributed by atoms with van der Waals surface area (Å²) in [5.41, 5.74) is 0.708. The molecule has 0 saturated carbocycles. The number of carbonyl (C=O) groups is 1. The number of hydrogen-bond donors (Lipinski definition) is 0. The Hall–Kier alpha value is -1.82. The molecule has 15 heavy (non-hydrogen) atoms. The van der Waals surface area contributed by atoms with E-state index in [-0.39, 0.29) is 17.6 Å². The smallest absolute Gasteiger partial charge is 0.228 e. The molecule has 0 bridgehead atoms. The van der Waals surface area contributed by atoms with Crippen molar-refractivity contribution in [3.05, 3.63) is 30.1 Å². The molecule has 1 aromatic rings. The zero-order valence-corrected chi connectivity index (χ0v) is 8.11. The highest BCUT2D eigenvalue weighted by molar-refractivity contribution is 5.96. The fourth-order valence-corrected chi connectivity index (χ4v) is 1.69. The molecule has 0 radical (unpaired) electrons. The number of nitrogens with zero attached hydrogens (tertiary/aromatic N) is 1. The van der Waals surface area contributed by atoms with E-state index in [0.29, 0.717) is 18.7 Å². The average molecular weight is 203 g/mol. The first-order valence-electron chi connectivity index (χ1n) is 4.73. The normalized spacial score (nSPS) is 20.4. The lowest BCUT2D eigenvalue weighted by Gasteiger charge is -2.15. The van der Waals surface area contributed by atoms with Crippen LogP contribution >= 0.6 is 0 Å². The summed E-state index contributed by atoms with van der Waals surface area (Å²) >= 11 is 0. The van der Waals surface area contributed by atoms with Gasteiger partial charge in [0.25, 0.3) is 0 Å². The third-order valence-corrected chi connectivity index (χ3v) is 2.50. The lowest BCUT2D eigenvalue weighted by atomic mass is 10.1. The minimum Gasteiger partial charge on any atom is -0.311 e. The van der Waals surface area contributed by atoms with Gasteiger partial charge in [0.15, 0.2) is 0 Å². The van der Waals surface area contributed by atoms with Crippen molar-refractivity contribution in [1.82, 2.24) is 0 Å². The summed E-state index contributed by atoms with van der Waals surface area (Å²) in [7, 11) is 0. The first kappa shape index (κ1) is 9.72. The molecule has 3 heteroatoms. The molecule has 0 N–H and O–H groups in total. The maximum Gasteiger partial charge on any atom is 0.228 e. The molecule has 1 aliphatic rings. The number of amides is 1. The summed E-state index contributed by atoms with van der Waals surface area (Å²) in [5.74, 6) is 2.24. The zero-order chi connectivity index (χ0) is 10.8. The third kappa shape index (κ3) is 1.84. The van der Waals surface area contributed by atoms with Gasteiger partial charge in [-0.1, -0.05) is 0 Å². The summed E-state index contributed by atoms with van der Waals surface area (Å²) in [6, 6.07) is 5.86. The maximum atomic E-state index is 12.7. The van der Waals surface area contributed by atoms with Gasteiger partial charge in [-0.3, -0.25) is 4.79 Å². The van der Waals surface area contributed by atoms with Gasteiger partial charge in [0.1, 0.15) is 5.82 Å². The molecule has 1 fully saturated rings. The van der Waals surface area contributed by atoms with E-state index in [1.165, 1.54) is 12.1 Å². The number of terminal acetylenes is 1. The fraction of sp³-hybridized carbons (Fsp3) is 0.250. The van der Waals surface area contributed by atoms with Gasteiger partial charge in [-0.2, -0.15) is 0 Å². The molecule has 0 spiro atoms. The minimum absolute atomic E-state index is 0.00422. The van der Waals surface area contributed by atoms with Gasteiger partial charge in [0.2, 0.25) is 5.91 Å². The van der Waals surface area contributed by atoms with Crippen LogP contribution < -0.4 is 4.90 Å². The van der Waals surface area contributed by atoms with Crippen molar-refractivity contribution in [2.75, 3.05) is 11.4 Å². The Labute approximate surface area is 87.7 Å². The number of halogens is 1. The second-order valence-corrected chi connectivity index (χ2v) is 3.55. The van der Waals surface area contributed by atoms with Crippen LogP contribution in [0.2, 0.25) is 0 Å². The molecule has 2 rings (SSSR count). The van der Waals surface area contributed by atoms with Crippen molar-refractivity contribution in [3.8, 4) is 12.3 Å². The fourth-order valence-electron chi connectivity index (χ4n) is 1.69. The molecule has 0 aliphatic carbocycles. The Bertz CT molecular complexity index is 418. The molecule has 1 amide bonds. The molecular formula is C12H10FNO. The highest BCUT2D eigenvalue weighted by Gasteiger charge is 2.29. The van der Waals surface area contributed by atoms with E-state index >= 15 is 0 Å². The van der Waals surface area contributed by atoms with Crippen molar-refractivity contribution in [3.63, 3.8) is 0 Å². The lowest BCUT2D eigenvalue weighted by Crippen LogP contribution is -2.24. The maximum absolute atomic E-state index is 12.7. The number of hydrogen-bond acceptors (Lipinski definition) is 1. The molecule has 2 nitrogen and oxygen atoms in total. The van der Waals surface area contributed by atoms with Crippen molar-refractivity contribution < 1.29 is 9.18 Å². The molecule has 1 heterocycles. The quantitative estimate of drug-likeness (QED) is 0.637. The van der Waals surface area contributed by atoms with E-state index in [9.17, 15) is 9.18 Å². The van der Waals surface area contributed by atoms with Crippen LogP contribution in [-0.2, 0) is 4.79 Å². The largest absolute Gasteiger partial charge is 0.311 e. The predicted molar refractivity (Wildman–Crippen MR) is 55.7 cm³/mol. The highest BCUT2D eigenvalue weighted by Crippen LogP contribution is 2.24. The van der Waals surface area contributed by atoms with Crippen molar-refractivity contribution in [1.29, 1.82) is 0 Å². The van der Waals surface area contributed by atoms with Gasteiger partial charge in [-0.15, -0.1) is 12.3 Å². The second-order valence-electron chi connectivity index (χ2n) is 3.55. The molecule has 1 aromatic carbocycles. The van der Waals surface area contributed by atoms with E-state index < -0.39 is 0 Å². The Morgan fingerprint density at radius 3 is 2.60 bits per heavy atom. The van der Waals surface area contributed by atoms with Gasteiger partial charge in [-0.05, 0) is 24.3 Å². The van der Waals surface area contributed by atoms with Crippen LogP contribution in [0.5, 0.6) is 0 Å². The first-order valence-corrected chi connectivity index (χ1v) is 4.73. The monoisotopic (exact) mass is 203 g/mol. The van der Waals surface area contributed by atoms with E-state index in [1.54, 1.807) is 17.0 Å². The van der Waals surface area contributed by atoms with E-state index in [0.717, 1.165) is 0 Å². The summed E-state index contributed by atoms with van der Waals surface area (Å²) in [5, 5.41) is 0. The predicted octanol–water partition coefficient (Wildman–Crippen LogP) is 1.81. The van der Waals surface area contributed by atoms with Crippen LogP contribution in [0.3, 0.4) is 0 Å². The van der Waals surface area contributed by atoms with Gasteiger partial charge in [0.05, 0.1) is 0 Å². The summed E-state index contributed by atoms with van der Waals surface area (Å²) in [4.78, 5) is 13.2. The van der Waals surface area contributed by atoms with Crippen LogP contribution in [0, 0.1) is 24.1 Å². The van der Waals surface area contributed by atoms with Crippen molar-refractivity contribution in [2.45, 2.75) is 6.42 Å². The first-order chi connectivity index (χ1) is 7.20. The van der Waals surface area contributed by atoms with Crippen LogP contribution in [-0.4, -0.2) is 12.5 Å². The molecule has 1 saturated heterocycles. The average Bonchev–Trinajstić information content (AvgIpc) is 2.61. The van der Waals surface area contributed by atoms with E-state index in [4.69, 9.17) is 6.42 Å². The van der Waals surface area contributed by atoms with E-state index in [2.05, 4.69) is 5.92 Å². The lowest BCUT2D eigenvalue weighted by molar-refractivity contribution is -0.117. The number of carbonyl (C=O) groups excluding carboxylic acids is 1. The van der Waals surface area contributed by atoms with Gasteiger partial charge < -0.3 is 4.90 Å². The molecule has 76 valence electrons. The Morgan fingerprint density at radius 1 is 1.40 bits per heavy atom. The molecular weight excluding hydrogens is 193 g/mol. The van der Waals surface area contributed by atoms with Gasteiger partial charge in [0, 0.05) is 24.6 Å². The highest BCUT2D eigenvalue weighted by atomic mass is 19.1. The molecule has 1 unspecified atom stereocenters. The van der Waals surface area contributed by atoms with Gasteiger partial charge in [-0.25, -0.2) is 4.39 Å². The molecule has 1 aliphatic heterocycles. The number of rotatable bonds is 1. The van der Waals surface area contributed by atoms with Crippen LogP contribution in [0.25, 0.3) is 0 Å². The summed E-state index contributed by atoms with van der Waals surface area (Å²) in [6.07, 6.45) is 5.65. The van der Waals surface area contributed by atoms with Crippen LogP contribution in [0.4, 0.5) is 10.1 Å². The Kier molecular flexibility index (Phi) is 2.42. The molecule has 0 aromatic heterocycles.